The third-order valence-electron chi connectivity index (χ3n) is 4.24. The number of carbonyl (C=O) groups excluding carboxylic acids is 1. The number of nitrogens with one attached hydrogen (secondary N) is 1. The normalized spacial score (nSPS) is 21.8. The highest BCUT2D eigenvalue weighted by atomic mass is 35.5. The molecule has 0 unspecified atom stereocenters. The number of rotatable bonds is 4. The van der Waals surface area contributed by atoms with Crippen LogP contribution in [0.3, 0.4) is 0 Å². The number of amides is 1. The van der Waals surface area contributed by atoms with Gasteiger partial charge in [0.25, 0.3) is 18.4 Å². The molecule has 1 amide bonds. The van der Waals surface area contributed by atoms with E-state index in [2.05, 4.69) is 15.3 Å². The van der Waals surface area contributed by atoms with E-state index in [9.17, 15) is 18.0 Å². The monoisotopic (exact) mass is 412 g/mol. The lowest BCUT2D eigenvalue weighted by atomic mass is 9.84. The van der Waals surface area contributed by atoms with Crippen molar-refractivity contribution in [2.75, 3.05) is 5.32 Å². The van der Waals surface area contributed by atoms with Crippen molar-refractivity contribution in [2.45, 2.75) is 31.4 Å². The number of carbonyl (C=O) groups is 1. The first-order valence-electron chi connectivity index (χ1n) is 8.24. The van der Waals surface area contributed by atoms with E-state index in [0.29, 0.717) is 5.02 Å². The molecule has 0 spiro atoms. The molecule has 1 aromatic carbocycles. The summed E-state index contributed by atoms with van der Waals surface area (Å²) in [6.07, 6.45) is -2.73. The Labute approximate surface area is 163 Å². The number of nitrogens with zero attached hydrogens (tertiary/aromatic N) is 2. The average Bonchev–Trinajstić information content (AvgIpc) is 2.62. The van der Waals surface area contributed by atoms with Crippen molar-refractivity contribution < 1.29 is 22.7 Å². The van der Waals surface area contributed by atoms with Crippen molar-refractivity contribution in [1.29, 1.82) is 0 Å². The highest BCUT2D eigenvalue weighted by molar-refractivity contribution is 6.30. The number of hydrogen-bond acceptors (Lipinski definition) is 5. The number of nitrogens with two attached hydrogens (primary N) is 1. The summed E-state index contributed by atoms with van der Waals surface area (Å²) in [6, 6.07) is 5.78. The molecular formula is C18H16ClF3N4O2. The maximum atomic E-state index is 14.5. The largest absolute Gasteiger partial charge is 0.462 e. The number of halogens is 4. The first kappa shape index (κ1) is 19.9. The van der Waals surface area contributed by atoms with Crippen molar-refractivity contribution in [3.63, 3.8) is 0 Å². The van der Waals surface area contributed by atoms with Crippen LogP contribution in [-0.2, 0) is 10.3 Å². The van der Waals surface area contributed by atoms with Crippen LogP contribution in [0.4, 0.5) is 18.9 Å². The van der Waals surface area contributed by atoms with Crippen LogP contribution in [-0.4, -0.2) is 29.4 Å². The van der Waals surface area contributed by atoms with E-state index in [-0.39, 0.29) is 23.4 Å². The molecule has 1 aliphatic rings. The van der Waals surface area contributed by atoms with Crippen LogP contribution >= 0.6 is 11.6 Å². The Morgan fingerprint density at radius 2 is 2.14 bits per heavy atom. The van der Waals surface area contributed by atoms with E-state index in [0.717, 1.165) is 12.1 Å². The van der Waals surface area contributed by atoms with Crippen LogP contribution in [0.2, 0.25) is 5.02 Å². The first-order chi connectivity index (χ1) is 13.2. The standard InChI is InChI=1S/C18H16ClF3N4O2/c1-9-7-18(16(21)22,26-17(23)28-9)12-6-11(3-4-13(12)20)25-15(27)14-5-2-10(19)8-24-14/h2-6,8-9,16H,7H2,1H3,(H2,23,26)(H,25,27)/t9-,18-/m1/s1. The summed E-state index contributed by atoms with van der Waals surface area (Å²) >= 11 is 5.73. The van der Waals surface area contributed by atoms with Crippen LogP contribution in [0.15, 0.2) is 41.5 Å². The predicted molar refractivity (Wildman–Crippen MR) is 98.1 cm³/mol. The van der Waals surface area contributed by atoms with E-state index in [1.165, 1.54) is 31.3 Å². The number of alkyl halides is 2. The molecule has 3 N–H and O–H groups in total. The van der Waals surface area contributed by atoms with Crippen molar-refractivity contribution >= 4 is 29.2 Å². The van der Waals surface area contributed by atoms with Crippen LogP contribution < -0.4 is 11.1 Å². The van der Waals surface area contributed by atoms with Crippen LogP contribution in [0.1, 0.15) is 29.4 Å². The number of hydrogen-bond donors (Lipinski definition) is 2. The van der Waals surface area contributed by atoms with Gasteiger partial charge in [-0.15, -0.1) is 0 Å². The molecule has 2 heterocycles. The minimum absolute atomic E-state index is 0.0563. The molecule has 148 valence electrons. The third kappa shape index (κ3) is 3.89. The lowest BCUT2D eigenvalue weighted by Crippen LogP contribution is -2.44. The Kier molecular flexibility index (Phi) is 5.46. The van der Waals surface area contributed by atoms with Gasteiger partial charge in [-0.3, -0.25) is 4.79 Å². The minimum Gasteiger partial charge on any atom is -0.462 e. The van der Waals surface area contributed by atoms with E-state index in [1.807, 2.05) is 0 Å². The SMILES string of the molecule is C[C@@H]1C[C@@](c2cc(NC(=O)c3ccc(Cl)cn3)ccc2F)(C(F)F)N=C(N)O1. The van der Waals surface area contributed by atoms with Gasteiger partial charge in [0.2, 0.25) is 0 Å². The summed E-state index contributed by atoms with van der Waals surface area (Å²) < 4.78 is 47.6. The van der Waals surface area contributed by atoms with Gasteiger partial charge in [0, 0.05) is 23.9 Å². The second kappa shape index (κ2) is 7.67. The van der Waals surface area contributed by atoms with Gasteiger partial charge in [0.1, 0.15) is 17.6 Å². The first-order valence-corrected chi connectivity index (χ1v) is 8.62. The Balaban J connectivity index is 1.97. The molecular weight excluding hydrogens is 397 g/mol. The fourth-order valence-electron chi connectivity index (χ4n) is 3.02. The Bertz CT molecular complexity index is 924. The Hall–Kier alpha value is -2.81. The molecule has 28 heavy (non-hydrogen) atoms. The maximum Gasteiger partial charge on any atom is 0.283 e. The van der Waals surface area contributed by atoms with Crippen molar-refractivity contribution in [2.24, 2.45) is 10.7 Å². The number of benzene rings is 1. The van der Waals surface area contributed by atoms with E-state index < -0.39 is 35.8 Å². The van der Waals surface area contributed by atoms with Gasteiger partial charge in [-0.25, -0.2) is 23.1 Å². The average molecular weight is 413 g/mol. The van der Waals surface area contributed by atoms with E-state index in [4.69, 9.17) is 22.1 Å². The zero-order valence-corrected chi connectivity index (χ0v) is 15.4. The van der Waals surface area contributed by atoms with Gasteiger partial charge in [0.05, 0.1) is 5.02 Å². The Morgan fingerprint density at radius 1 is 1.39 bits per heavy atom. The number of amidine groups is 1. The summed E-state index contributed by atoms with van der Waals surface area (Å²) in [6.45, 7) is 1.54. The van der Waals surface area contributed by atoms with Crippen LogP contribution in [0.5, 0.6) is 0 Å². The van der Waals surface area contributed by atoms with Crippen molar-refractivity contribution in [3.05, 3.63) is 58.6 Å². The number of anilines is 1. The van der Waals surface area contributed by atoms with Gasteiger partial charge in [0.15, 0.2) is 5.54 Å². The molecule has 0 saturated heterocycles. The van der Waals surface area contributed by atoms with Crippen LogP contribution in [0, 0.1) is 5.82 Å². The maximum absolute atomic E-state index is 14.5. The number of aliphatic imine (C=N–C) groups is 1. The van der Waals surface area contributed by atoms with Gasteiger partial charge >= 0.3 is 0 Å². The highest BCUT2D eigenvalue weighted by Gasteiger charge is 2.48. The fourth-order valence-corrected chi connectivity index (χ4v) is 3.13. The van der Waals surface area contributed by atoms with Crippen molar-refractivity contribution in [3.8, 4) is 0 Å². The molecule has 0 saturated carbocycles. The molecule has 10 heteroatoms. The fraction of sp³-hybridized carbons (Fsp3) is 0.278. The van der Waals surface area contributed by atoms with Gasteiger partial charge in [-0.2, -0.15) is 0 Å². The van der Waals surface area contributed by atoms with Crippen LogP contribution in [0.25, 0.3) is 0 Å². The molecule has 0 aliphatic carbocycles. The lowest BCUT2D eigenvalue weighted by Gasteiger charge is -2.36. The quantitative estimate of drug-likeness (QED) is 0.801. The van der Waals surface area contributed by atoms with Gasteiger partial charge in [-0.05, 0) is 37.3 Å². The van der Waals surface area contributed by atoms with Gasteiger partial charge in [-0.1, -0.05) is 11.6 Å². The summed E-state index contributed by atoms with van der Waals surface area (Å²) in [4.78, 5) is 19.9. The molecule has 2 aromatic rings. The molecule has 6 nitrogen and oxygen atoms in total. The topological polar surface area (TPSA) is 89.6 Å². The molecule has 3 rings (SSSR count). The summed E-state index contributed by atoms with van der Waals surface area (Å²) in [5.41, 5.74) is 3.07. The summed E-state index contributed by atoms with van der Waals surface area (Å²) in [5.74, 6) is -1.50. The summed E-state index contributed by atoms with van der Waals surface area (Å²) in [7, 11) is 0. The van der Waals surface area contributed by atoms with E-state index in [1.54, 1.807) is 0 Å². The molecule has 2 atom stereocenters. The second-order valence-corrected chi connectivity index (χ2v) is 6.75. The molecule has 0 radical (unpaired) electrons. The number of pyridine rings is 1. The Morgan fingerprint density at radius 3 is 2.75 bits per heavy atom. The molecule has 0 bridgehead atoms. The third-order valence-corrected chi connectivity index (χ3v) is 4.47. The molecule has 0 fully saturated rings. The van der Waals surface area contributed by atoms with Crippen molar-refractivity contribution in [1.82, 2.24) is 4.98 Å². The lowest BCUT2D eigenvalue weighted by molar-refractivity contribution is 0.00527. The number of ether oxygens (including phenoxy) is 1. The van der Waals surface area contributed by atoms with E-state index >= 15 is 0 Å². The summed E-state index contributed by atoms with van der Waals surface area (Å²) in [5, 5.41) is 2.85. The smallest absolute Gasteiger partial charge is 0.283 e. The molecule has 1 aliphatic heterocycles. The van der Waals surface area contributed by atoms with Gasteiger partial charge < -0.3 is 15.8 Å². The predicted octanol–water partition coefficient (Wildman–Crippen LogP) is 3.71. The minimum atomic E-state index is -3.05. The molecule has 1 aromatic heterocycles. The number of aromatic nitrogens is 1. The second-order valence-electron chi connectivity index (χ2n) is 6.32. The zero-order chi connectivity index (χ0) is 20.5. The highest BCUT2D eigenvalue weighted by Crippen LogP contribution is 2.42. The zero-order valence-electron chi connectivity index (χ0n) is 14.6.